The summed E-state index contributed by atoms with van der Waals surface area (Å²) in [5, 5.41) is 6.42. The van der Waals surface area contributed by atoms with Crippen LogP contribution in [-0.2, 0) is 0 Å². The molecule has 0 unspecified atom stereocenters. The van der Waals surface area contributed by atoms with Crippen molar-refractivity contribution in [2.75, 3.05) is 11.9 Å². The number of amides is 1. The highest BCUT2D eigenvalue weighted by atomic mass is 19.1. The van der Waals surface area contributed by atoms with E-state index in [1.807, 2.05) is 0 Å². The molecule has 0 fully saturated rings. The van der Waals surface area contributed by atoms with Gasteiger partial charge in [0.05, 0.1) is 11.8 Å². The number of aromatic nitrogens is 3. The summed E-state index contributed by atoms with van der Waals surface area (Å²) in [6.45, 7) is 2.18. The normalized spacial score (nSPS) is 10.5. The number of rotatable bonds is 4. The predicted octanol–water partition coefficient (Wildman–Crippen LogP) is 1.08. The Kier molecular flexibility index (Phi) is 3.41. The molecule has 0 aromatic carbocycles. The largest absolute Gasteiger partial charge is 0.368 e. The smallest absolute Gasteiger partial charge is 0.251 e. The highest BCUT2D eigenvalue weighted by molar-refractivity contribution is 5.92. The van der Waals surface area contributed by atoms with Crippen LogP contribution in [0, 0.1) is 11.6 Å². The van der Waals surface area contributed by atoms with Crippen LogP contribution < -0.4 is 11.1 Å². The van der Waals surface area contributed by atoms with Crippen molar-refractivity contribution in [2.45, 2.75) is 6.92 Å². The zero-order valence-corrected chi connectivity index (χ0v) is 10.0. The Hall–Kier alpha value is -2.51. The van der Waals surface area contributed by atoms with Crippen molar-refractivity contribution in [2.24, 2.45) is 5.73 Å². The second-order valence-electron chi connectivity index (χ2n) is 3.69. The van der Waals surface area contributed by atoms with E-state index in [1.54, 1.807) is 6.92 Å². The molecule has 0 aliphatic rings. The van der Waals surface area contributed by atoms with Crippen LogP contribution in [0.4, 0.5) is 14.6 Å². The van der Waals surface area contributed by atoms with E-state index < -0.39 is 17.5 Å². The molecule has 0 saturated carbocycles. The number of carbonyl (C=O) groups is 1. The molecule has 19 heavy (non-hydrogen) atoms. The molecule has 0 spiro atoms. The zero-order valence-electron chi connectivity index (χ0n) is 10.0. The molecule has 3 N–H and O–H groups in total. The lowest BCUT2D eigenvalue weighted by Gasteiger charge is -2.07. The van der Waals surface area contributed by atoms with E-state index in [-0.39, 0.29) is 17.2 Å². The third-order valence-electron chi connectivity index (χ3n) is 2.34. The number of halogens is 2. The Labute approximate surface area is 107 Å². The van der Waals surface area contributed by atoms with Crippen molar-refractivity contribution in [1.29, 1.82) is 0 Å². The second kappa shape index (κ2) is 5.01. The van der Waals surface area contributed by atoms with Crippen LogP contribution >= 0.6 is 0 Å². The van der Waals surface area contributed by atoms with Crippen LogP contribution in [0.15, 0.2) is 18.5 Å². The lowest BCUT2D eigenvalue weighted by molar-refractivity contribution is 0.100. The third-order valence-corrected chi connectivity index (χ3v) is 2.34. The quantitative estimate of drug-likeness (QED) is 0.867. The lowest BCUT2D eigenvalue weighted by Crippen LogP contribution is -2.10. The second-order valence-corrected chi connectivity index (χ2v) is 3.69. The highest BCUT2D eigenvalue weighted by Gasteiger charge is 2.15. The lowest BCUT2D eigenvalue weighted by atomic mass is 10.3. The van der Waals surface area contributed by atoms with Crippen LogP contribution in [0.5, 0.6) is 0 Å². The van der Waals surface area contributed by atoms with E-state index in [9.17, 15) is 13.6 Å². The van der Waals surface area contributed by atoms with E-state index in [0.717, 1.165) is 4.68 Å². The Morgan fingerprint density at radius 2 is 2.21 bits per heavy atom. The standard InChI is InChI=1S/C11H11F2N5O/c1-2-15-10-7(12)3-8(13)11(17-10)18-5-6(4-16-18)9(14)19/h3-5H,2H2,1H3,(H2,14,19)(H,15,17). The molecule has 1 amide bonds. The van der Waals surface area contributed by atoms with Gasteiger partial charge in [-0.25, -0.2) is 18.4 Å². The van der Waals surface area contributed by atoms with Crippen LogP contribution in [0.1, 0.15) is 17.3 Å². The Balaban J connectivity index is 2.48. The van der Waals surface area contributed by atoms with Crippen LogP contribution in [0.3, 0.4) is 0 Å². The minimum atomic E-state index is -0.890. The maximum Gasteiger partial charge on any atom is 0.251 e. The van der Waals surface area contributed by atoms with Crippen molar-refractivity contribution in [3.05, 3.63) is 35.7 Å². The first-order valence-corrected chi connectivity index (χ1v) is 5.47. The molecule has 2 aromatic rings. The molecule has 0 saturated heterocycles. The number of nitrogens with one attached hydrogen (secondary N) is 1. The van der Waals surface area contributed by atoms with Gasteiger partial charge in [-0.2, -0.15) is 5.10 Å². The summed E-state index contributed by atoms with van der Waals surface area (Å²) >= 11 is 0. The highest BCUT2D eigenvalue weighted by Crippen LogP contribution is 2.18. The monoisotopic (exact) mass is 267 g/mol. The first kappa shape index (κ1) is 12.9. The molecular formula is C11H11F2N5O. The van der Waals surface area contributed by atoms with Gasteiger partial charge in [0, 0.05) is 18.8 Å². The van der Waals surface area contributed by atoms with Crippen LogP contribution in [0.25, 0.3) is 5.82 Å². The van der Waals surface area contributed by atoms with E-state index in [1.165, 1.54) is 12.4 Å². The van der Waals surface area contributed by atoms with Gasteiger partial charge in [0.2, 0.25) is 0 Å². The van der Waals surface area contributed by atoms with E-state index in [2.05, 4.69) is 15.4 Å². The average Bonchev–Trinajstić information content (AvgIpc) is 2.82. The molecule has 0 radical (unpaired) electrons. The summed E-state index contributed by atoms with van der Waals surface area (Å²) < 4.78 is 28.1. The number of pyridine rings is 1. The molecular weight excluding hydrogens is 256 g/mol. The minimum absolute atomic E-state index is 0.0879. The van der Waals surface area contributed by atoms with Gasteiger partial charge in [0.15, 0.2) is 23.3 Å². The molecule has 0 bridgehead atoms. The van der Waals surface area contributed by atoms with Gasteiger partial charge in [0.25, 0.3) is 5.91 Å². The maximum atomic E-state index is 13.7. The van der Waals surface area contributed by atoms with Gasteiger partial charge in [-0.05, 0) is 6.92 Å². The van der Waals surface area contributed by atoms with Gasteiger partial charge >= 0.3 is 0 Å². The van der Waals surface area contributed by atoms with Crippen molar-refractivity contribution >= 4 is 11.7 Å². The zero-order chi connectivity index (χ0) is 14.0. The number of hydrogen-bond donors (Lipinski definition) is 2. The first-order valence-electron chi connectivity index (χ1n) is 5.47. The topological polar surface area (TPSA) is 85.8 Å². The predicted molar refractivity (Wildman–Crippen MR) is 64.0 cm³/mol. The minimum Gasteiger partial charge on any atom is -0.368 e. The number of nitrogens with two attached hydrogens (primary N) is 1. The molecule has 2 aromatic heterocycles. The van der Waals surface area contributed by atoms with E-state index in [0.29, 0.717) is 12.6 Å². The number of hydrogen-bond acceptors (Lipinski definition) is 4. The number of anilines is 1. The van der Waals surface area contributed by atoms with E-state index >= 15 is 0 Å². The van der Waals surface area contributed by atoms with Gasteiger partial charge < -0.3 is 11.1 Å². The number of carbonyl (C=O) groups excluding carboxylic acids is 1. The SMILES string of the molecule is CCNc1nc(-n2cc(C(N)=O)cn2)c(F)cc1F. The fourth-order valence-corrected chi connectivity index (χ4v) is 1.47. The molecule has 2 heterocycles. The van der Waals surface area contributed by atoms with Gasteiger partial charge in [0.1, 0.15) is 0 Å². The molecule has 100 valence electrons. The summed E-state index contributed by atoms with van der Waals surface area (Å²) in [5.41, 5.74) is 5.17. The van der Waals surface area contributed by atoms with Crippen molar-refractivity contribution in [1.82, 2.24) is 14.8 Å². The molecule has 0 atom stereocenters. The summed E-state index contributed by atoms with van der Waals surface area (Å²) in [6, 6.07) is 0.700. The average molecular weight is 267 g/mol. The van der Waals surface area contributed by atoms with E-state index in [4.69, 9.17) is 5.73 Å². The fourth-order valence-electron chi connectivity index (χ4n) is 1.47. The molecule has 2 rings (SSSR count). The van der Waals surface area contributed by atoms with Crippen molar-refractivity contribution in [3.63, 3.8) is 0 Å². The van der Waals surface area contributed by atoms with Crippen molar-refractivity contribution in [3.8, 4) is 5.82 Å². The summed E-state index contributed by atoms with van der Waals surface area (Å²) in [6.07, 6.45) is 2.40. The Morgan fingerprint density at radius 1 is 1.47 bits per heavy atom. The summed E-state index contributed by atoms with van der Waals surface area (Å²) in [4.78, 5) is 14.7. The number of primary amides is 1. The molecule has 6 nitrogen and oxygen atoms in total. The van der Waals surface area contributed by atoms with Crippen LogP contribution in [-0.4, -0.2) is 27.2 Å². The van der Waals surface area contributed by atoms with Gasteiger partial charge in [-0.1, -0.05) is 0 Å². The Morgan fingerprint density at radius 3 is 2.79 bits per heavy atom. The molecule has 0 aliphatic carbocycles. The summed E-state index contributed by atoms with van der Waals surface area (Å²) in [5.74, 6) is -2.69. The maximum absolute atomic E-state index is 13.7. The molecule has 8 heteroatoms. The summed E-state index contributed by atoms with van der Waals surface area (Å²) in [7, 11) is 0. The fraction of sp³-hybridized carbons (Fsp3) is 0.182. The van der Waals surface area contributed by atoms with Crippen molar-refractivity contribution < 1.29 is 13.6 Å². The Bertz CT molecular complexity index is 626. The van der Waals surface area contributed by atoms with Crippen LogP contribution in [0.2, 0.25) is 0 Å². The number of nitrogens with zero attached hydrogens (tertiary/aromatic N) is 3. The third kappa shape index (κ3) is 2.51. The van der Waals surface area contributed by atoms with Gasteiger partial charge in [-0.3, -0.25) is 4.79 Å². The first-order chi connectivity index (χ1) is 9.02. The van der Waals surface area contributed by atoms with Gasteiger partial charge in [-0.15, -0.1) is 0 Å². The molecule has 0 aliphatic heterocycles.